The van der Waals surface area contributed by atoms with E-state index in [9.17, 15) is 18.0 Å². The first-order valence-corrected chi connectivity index (χ1v) is 7.32. The van der Waals surface area contributed by atoms with Crippen molar-refractivity contribution in [3.05, 3.63) is 47.5 Å². The zero-order chi connectivity index (χ0) is 15.4. The second-order valence-electron chi connectivity index (χ2n) is 4.48. The smallest absolute Gasteiger partial charge is 0.337 e. The van der Waals surface area contributed by atoms with E-state index in [4.69, 9.17) is 10.2 Å². The summed E-state index contributed by atoms with van der Waals surface area (Å²) < 4.78 is 25.2. The van der Waals surface area contributed by atoms with Gasteiger partial charge in [-0.05, 0) is 12.1 Å². The van der Waals surface area contributed by atoms with Gasteiger partial charge in [-0.15, -0.1) is 0 Å². The SMILES string of the molecule is O=C(O)c1cccc2c1S(=O)(=O)c1c(C(=O)O)cccc1-2.[Na].[Na]. The standard InChI is InChI=1S/C14H8O6S.2Na/c15-13(16)9-5-1-3-7-8-4-2-6-10(14(17)18)12(8)21(19,20)11(7)9;;/h1-6H,(H,15,16)(H,17,18);;. The fourth-order valence-corrected chi connectivity index (χ4v) is 4.55. The van der Waals surface area contributed by atoms with Crippen LogP contribution in [0.5, 0.6) is 0 Å². The molecule has 0 spiro atoms. The van der Waals surface area contributed by atoms with Crippen molar-refractivity contribution in [1.29, 1.82) is 0 Å². The van der Waals surface area contributed by atoms with E-state index in [0.717, 1.165) is 0 Å². The summed E-state index contributed by atoms with van der Waals surface area (Å²) in [6.45, 7) is 0. The summed E-state index contributed by atoms with van der Waals surface area (Å²) in [7, 11) is -4.18. The first-order valence-electron chi connectivity index (χ1n) is 5.84. The third kappa shape index (κ3) is 3.02. The van der Waals surface area contributed by atoms with Crippen molar-refractivity contribution in [2.45, 2.75) is 9.79 Å². The summed E-state index contributed by atoms with van der Waals surface area (Å²) in [6, 6.07) is 8.17. The molecule has 0 fully saturated rings. The van der Waals surface area contributed by atoms with Crippen LogP contribution in [-0.2, 0) is 9.84 Å². The third-order valence-corrected chi connectivity index (χ3v) is 5.27. The molecule has 1 heterocycles. The first-order chi connectivity index (χ1) is 9.85. The van der Waals surface area contributed by atoms with E-state index in [0.29, 0.717) is 0 Å². The van der Waals surface area contributed by atoms with Crippen molar-refractivity contribution in [1.82, 2.24) is 0 Å². The maximum Gasteiger partial charge on any atom is 0.337 e. The summed E-state index contributed by atoms with van der Waals surface area (Å²) in [5.41, 5.74) is -0.291. The van der Waals surface area contributed by atoms with Gasteiger partial charge in [0.25, 0.3) is 0 Å². The van der Waals surface area contributed by atoms with Crippen LogP contribution in [0, 0.1) is 0 Å². The minimum atomic E-state index is -4.18. The number of fused-ring (bicyclic) bond motifs is 3. The van der Waals surface area contributed by atoms with Gasteiger partial charge >= 0.3 is 11.9 Å². The zero-order valence-corrected chi connectivity index (χ0v) is 17.2. The van der Waals surface area contributed by atoms with E-state index >= 15 is 0 Å². The monoisotopic (exact) mass is 350 g/mol. The predicted octanol–water partition coefficient (Wildman–Crippen LogP) is 1.13. The predicted molar refractivity (Wildman–Crippen MR) is 82.8 cm³/mol. The molecule has 0 saturated carbocycles. The number of hydrogen-bond donors (Lipinski definition) is 2. The van der Waals surface area contributed by atoms with Crippen LogP contribution in [0.1, 0.15) is 20.7 Å². The van der Waals surface area contributed by atoms with Gasteiger partial charge in [-0.2, -0.15) is 0 Å². The number of sulfone groups is 1. The Morgan fingerprint density at radius 2 is 1.09 bits per heavy atom. The molecule has 2 aromatic carbocycles. The number of rotatable bonds is 2. The molecule has 0 saturated heterocycles. The molecule has 1 aliphatic rings. The summed E-state index contributed by atoms with van der Waals surface area (Å²) >= 11 is 0. The molecule has 2 aromatic rings. The number of carboxylic acid groups (broad SMARTS) is 2. The fraction of sp³-hybridized carbons (Fsp3) is 0. The molecular formula is C14H8Na2O6S. The van der Waals surface area contributed by atoms with Crippen LogP contribution >= 0.6 is 0 Å². The largest absolute Gasteiger partial charge is 0.478 e. The van der Waals surface area contributed by atoms with Crippen LogP contribution in [0.2, 0.25) is 0 Å². The maximum absolute atomic E-state index is 12.6. The molecule has 2 N–H and O–H groups in total. The minimum Gasteiger partial charge on any atom is -0.478 e. The Hall–Kier alpha value is -0.670. The van der Waals surface area contributed by atoms with Gasteiger partial charge in [0.05, 0.1) is 20.9 Å². The Morgan fingerprint density at radius 1 is 0.739 bits per heavy atom. The second kappa shape index (κ2) is 7.06. The van der Waals surface area contributed by atoms with Gasteiger partial charge in [-0.1, -0.05) is 24.3 Å². The molecule has 0 unspecified atom stereocenters. The first kappa shape index (κ1) is 20.4. The van der Waals surface area contributed by atoms with Crippen LogP contribution in [0.3, 0.4) is 0 Å². The van der Waals surface area contributed by atoms with E-state index in [1.807, 2.05) is 0 Å². The van der Waals surface area contributed by atoms with Crippen LogP contribution in [0.15, 0.2) is 46.2 Å². The Kier molecular flexibility index (Phi) is 6.26. The molecule has 0 amide bonds. The van der Waals surface area contributed by atoms with Gasteiger partial charge in [0.15, 0.2) is 0 Å². The molecule has 6 nitrogen and oxygen atoms in total. The number of carboxylic acids is 2. The molecule has 23 heavy (non-hydrogen) atoms. The van der Waals surface area contributed by atoms with Crippen LogP contribution in [0.4, 0.5) is 0 Å². The molecule has 0 bridgehead atoms. The van der Waals surface area contributed by atoms with E-state index in [-0.39, 0.29) is 91.2 Å². The normalized spacial score (nSPS) is 13.0. The Bertz CT molecular complexity index is 851. The Balaban J connectivity index is 0.00000132. The molecule has 1 aliphatic heterocycles. The minimum absolute atomic E-state index is 0. The van der Waals surface area contributed by atoms with Crippen molar-refractivity contribution in [2.24, 2.45) is 0 Å². The maximum atomic E-state index is 12.6. The van der Waals surface area contributed by atoms with E-state index in [1.165, 1.54) is 36.4 Å². The summed E-state index contributed by atoms with van der Waals surface area (Å²) in [4.78, 5) is 21.8. The van der Waals surface area contributed by atoms with Crippen molar-refractivity contribution >= 4 is 80.9 Å². The summed E-state index contributed by atoms with van der Waals surface area (Å²) in [5, 5.41) is 18.3. The van der Waals surface area contributed by atoms with Gasteiger partial charge in [0.2, 0.25) is 9.84 Å². The average molecular weight is 350 g/mol. The van der Waals surface area contributed by atoms with Crippen molar-refractivity contribution < 1.29 is 28.2 Å². The molecule has 9 heteroatoms. The summed E-state index contributed by atoms with van der Waals surface area (Å²) in [5.74, 6) is -2.75. The topological polar surface area (TPSA) is 109 Å². The molecule has 108 valence electrons. The van der Waals surface area contributed by atoms with Gasteiger partial charge in [0, 0.05) is 70.2 Å². The molecule has 0 aromatic heterocycles. The Morgan fingerprint density at radius 3 is 1.39 bits per heavy atom. The fourth-order valence-electron chi connectivity index (χ4n) is 2.52. The third-order valence-electron chi connectivity index (χ3n) is 3.32. The van der Waals surface area contributed by atoms with Gasteiger partial charge in [-0.3, -0.25) is 0 Å². The second-order valence-corrected chi connectivity index (χ2v) is 6.30. The van der Waals surface area contributed by atoms with E-state index in [1.54, 1.807) is 0 Å². The number of carbonyl (C=O) groups is 2. The average Bonchev–Trinajstić information content (AvgIpc) is 2.68. The molecule has 2 radical (unpaired) electrons. The summed E-state index contributed by atoms with van der Waals surface area (Å²) in [6.07, 6.45) is 0. The quantitative estimate of drug-likeness (QED) is 0.671. The Labute approximate surface area is 176 Å². The number of aromatic carboxylic acids is 2. The van der Waals surface area contributed by atoms with Crippen LogP contribution in [-0.4, -0.2) is 89.7 Å². The number of hydrogen-bond acceptors (Lipinski definition) is 4. The van der Waals surface area contributed by atoms with Crippen molar-refractivity contribution in [2.75, 3.05) is 0 Å². The van der Waals surface area contributed by atoms with Gasteiger partial charge < -0.3 is 10.2 Å². The van der Waals surface area contributed by atoms with Gasteiger partial charge in [0.1, 0.15) is 0 Å². The molecule has 3 rings (SSSR count). The zero-order valence-electron chi connectivity index (χ0n) is 12.4. The number of benzene rings is 2. The van der Waals surface area contributed by atoms with Crippen molar-refractivity contribution in [3.8, 4) is 11.1 Å². The van der Waals surface area contributed by atoms with Crippen molar-refractivity contribution in [3.63, 3.8) is 0 Å². The van der Waals surface area contributed by atoms with Gasteiger partial charge in [-0.25, -0.2) is 18.0 Å². The van der Waals surface area contributed by atoms with E-state index < -0.39 is 21.8 Å². The van der Waals surface area contributed by atoms with Crippen LogP contribution < -0.4 is 0 Å². The molecular weight excluding hydrogens is 342 g/mol. The van der Waals surface area contributed by atoms with Crippen LogP contribution in [0.25, 0.3) is 11.1 Å². The van der Waals surface area contributed by atoms with E-state index in [2.05, 4.69) is 0 Å². The molecule has 0 aliphatic carbocycles. The molecule has 0 atom stereocenters.